The first-order valence-corrected chi connectivity index (χ1v) is 8.75. The van der Waals surface area contributed by atoms with Crippen molar-refractivity contribution < 1.29 is 27.5 Å². The van der Waals surface area contributed by atoms with Gasteiger partial charge in [0, 0.05) is 31.1 Å². The summed E-state index contributed by atoms with van der Waals surface area (Å²) in [5, 5.41) is 2.67. The second-order valence-electron chi connectivity index (χ2n) is 6.53. The Morgan fingerprint density at radius 2 is 1.89 bits per heavy atom. The van der Waals surface area contributed by atoms with Gasteiger partial charge in [-0.2, -0.15) is 13.2 Å². The van der Waals surface area contributed by atoms with Crippen molar-refractivity contribution in [2.45, 2.75) is 12.6 Å². The highest BCUT2D eigenvalue weighted by atomic mass is 19.4. The normalized spacial score (nSPS) is 16.9. The number of nitrogens with one attached hydrogen (secondary N) is 1. The molecule has 0 radical (unpaired) electrons. The largest absolute Gasteiger partial charge is 0.484 e. The first-order chi connectivity index (χ1) is 13.3. The second kappa shape index (κ2) is 8.33. The van der Waals surface area contributed by atoms with Gasteiger partial charge in [-0.3, -0.25) is 9.59 Å². The SMILES string of the molecule is O=C(COc1cccc(C(F)(F)F)c1)NCC1CC(=O)N(c2ccccc2)C1. The summed E-state index contributed by atoms with van der Waals surface area (Å²) in [6, 6.07) is 13.6. The van der Waals surface area contributed by atoms with Crippen LogP contribution >= 0.6 is 0 Å². The van der Waals surface area contributed by atoms with E-state index in [-0.39, 0.29) is 17.6 Å². The molecule has 1 fully saturated rings. The fourth-order valence-corrected chi connectivity index (χ4v) is 3.00. The predicted octanol–water partition coefficient (Wildman–Crippen LogP) is 3.25. The molecule has 28 heavy (non-hydrogen) atoms. The van der Waals surface area contributed by atoms with Crippen LogP contribution in [0, 0.1) is 5.92 Å². The van der Waals surface area contributed by atoms with Crippen molar-refractivity contribution in [1.29, 1.82) is 0 Å². The maximum absolute atomic E-state index is 12.7. The highest BCUT2D eigenvalue weighted by Gasteiger charge is 2.31. The molecule has 0 aliphatic carbocycles. The summed E-state index contributed by atoms with van der Waals surface area (Å²) in [5.74, 6) is -0.532. The van der Waals surface area contributed by atoms with Crippen LogP contribution in [0.4, 0.5) is 18.9 Å². The van der Waals surface area contributed by atoms with Crippen molar-refractivity contribution in [3.8, 4) is 5.75 Å². The first kappa shape index (κ1) is 19.7. The van der Waals surface area contributed by atoms with E-state index in [0.717, 1.165) is 17.8 Å². The lowest BCUT2D eigenvalue weighted by atomic mass is 10.1. The van der Waals surface area contributed by atoms with Gasteiger partial charge in [-0.25, -0.2) is 0 Å². The summed E-state index contributed by atoms with van der Waals surface area (Å²) in [4.78, 5) is 25.8. The number of para-hydroxylation sites is 1. The van der Waals surface area contributed by atoms with Gasteiger partial charge < -0.3 is 15.0 Å². The monoisotopic (exact) mass is 392 g/mol. The molecule has 0 bridgehead atoms. The van der Waals surface area contributed by atoms with Crippen LogP contribution in [0.1, 0.15) is 12.0 Å². The Kier molecular flexibility index (Phi) is 5.87. The van der Waals surface area contributed by atoms with E-state index in [1.165, 1.54) is 12.1 Å². The number of benzene rings is 2. The van der Waals surface area contributed by atoms with Crippen LogP contribution < -0.4 is 15.0 Å². The highest BCUT2D eigenvalue weighted by Crippen LogP contribution is 2.31. The number of ether oxygens (including phenoxy) is 1. The standard InChI is InChI=1S/C20H19F3N2O3/c21-20(22,23)15-5-4-8-17(10-15)28-13-18(26)24-11-14-9-19(27)25(12-14)16-6-2-1-3-7-16/h1-8,10,14H,9,11-13H2,(H,24,26). The van der Waals surface area contributed by atoms with Crippen molar-refractivity contribution in [2.75, 3.05) is 24.6 Å². The molecule has 5 nitrogen and oxygen atoms in total. The van der Waals surface area contributed by atoms with Gasteiger partial charge in [0.05, 0.1) is 5.56 Å². The smallest absolute Gasteiger partial charge is 0.416 e. The van der Waals surface area contributed by atoms with E-state index in [4.69, 9.17) is 4.74 Å². The molecule has 0 aromatic heterocycles. The maximum atomic E-state index is 12.7. The van der Waals surface area contributed by atoms with Crippen molar-refractivity contribution in [3.05, 3.63) is 60.2 Å². The topological polar surface area (TPSA) is 58.6 Å². The minimum Gasteiger partial charge on any atom is -0.484 e. The minimum atomic E-state index is -4.47. The third-order valence-electron chi connectivity index (χ3n) is 4.39. The van der Waals surface area contributed by atoms with Gasteiger partial charge in [0.15, 0.2) is 6.61 Å². The summed E-state index contributed by atoms with van der Waals surface area (Å²) in [6.07, 6.45) is -4.15. The lowest BCUT2D eigenvalue weighted by molar-refractivity contribution is -0.137. The van der Waals surface area contributed by atoms with E-state index < -0.39 is 24.3 Å². The van der Waals surface area contributed by atoms with Crippen LogP contribution in [0.25, 0.3) is 0 Å². The van der Waals surface area contributed by atoms with E-state index in [1.54, 1.807) is 4.90 Å². The van der Waals surface area contributed by atoms with Crippen LogP contribution in [-0.2, 0) is 15.8 Å². The summed E-state index contributed by atoms with van der Waals surface area (Å²) in [5.41, 5.74) is -0.0231. The van der Waals surface area contributed by atoms with E-state index in [0.29, 0.717) is 19.5 Å². The number of hydrogen-bond acceptors (Lipinski definition) is 3. The molecular weight excluding hydrogens is 373 g/mol. The maximum Gasteiger partial charge on any atom is 0.416 e. The van der Waals surface area contributed by atoms with Gasteiger partial charge in [-0.1, -0.05) is 24.3 Å². The predicted molar refractivity (Wildman–Crippen MR) is 96.9 cm³/mol. The molecule has 1 N–H and O–H groups in total. The molecule has 2 aromatic carbocycles. The number of anilines is 1. The van der Waals surface area contributed by atoms with E-state index >= 15 is 0 Å². The molecule has 1 saturated heterocycles. The average molecular weight is 392 g/mol. The fraction of sp³-hybridized carbons (Fsp3) is 0.300. The molecule has 1 atom stereocenters. The zero-order chi connectivity index (χ0) is 20.1. The molecule has 1 aliphatic heterocycles. The van der Waals surface area contributed by atoms with Crippen molar-refractivity contribution in [1.82, 2.24) is 5.32 Å². The third-order valence-corrected chi connectivity index (χ3v) is 4.39. The summed E-state index contributed by atoms with van der Waals surface area (Å²) in [7, 11) is 0. The zero-order valence-electron chi connectivity index (χ0n) is 14.9. The number of halogens is 3. The fourth-order valence-electron chi connectivity index (χ4n) is 3.00. The number of hydrogen-bond donors (Lipinski definition) is 1. The van der Waals surface area contributed by atoms with Crippen LogP contribution in [0.15, 0.2) is 54.6 Å². The lowest BCUT2D eigenvalue weighted by Crippen LogP contribution is -2.34. The molecule has 1 heterocycles. The van der Waals surface area contributed by atoms with Gasteiger partial charge in [0.2, 0.25) is 5.91 Å². The second-order valence-corrected chi connectivity index (χ2v) is 6.53. The number of nitrogens with zero attached hydrogens (tertiary/aromatic N) is 1. The van der Waals surface area contributed by atoms with Crippen molar-refractivity contribution >= 4 is 17.5 Å². The molecule has 1 unspecified atom stereocenters. The first-order valence-electron chi connectivity index (χ1n) is 8.75. The Morgan fingerprint density at radius 1 is 1.14 bits per heavy atom. The Morgan fingerprint density at radius 3 is 2.61 bits per heavy atom. The van der Waals surface area contributed by atoms with Gasteiger partial charge >= 0.3 is 6.18 Å². The molecule has 3 rings (SSSR count). The average Bonchev–Trinajstić information content (AvgIpc) is 3.05. The molecule has 148 valence electrons. The van der Waals surface area contributed by atoms with Gasteiger partial charge in [0.25, 0.3) is 5.91 Å². The van der Waals surface area contributed by atoms with E-state index in [2.05, 4.69) is 5.32 Å². The summed E-state index contributed by atoms with van der Waals surface area (Å²) >= 11 is 0. The van der Waals surface area contributed by atoms with E-state index in [9.17, 15) is 22.8 Å². The van der Waals surface area contributed by atoms with Gasteiger partial charge in [0.1, 0.15) is 5.75 Å². The molecule has 2 aromatic rings. The van der Waals surface area contributed by atoms with Crippen LogP contribution in [0.2, 0.25) is 0 Å². The van der Waals surface area contributed by atoms with Crippen molar-refractivity contribution in [2.24, 2.45) is 5.92 Å². The number of carbonyl (C=O) groups excluding carboxylic acids is 2. The van der Waals surface area contributed by atoms with Crippen LogP contribution in [0.3, 0.4) is 0 Å². The molecular formula is C20H19F3N2O3. The van der Waals surface area contributed by atoms with Gasteiger partial charge in [-0.05, 0) is 30.3 Å². The Labute approximate surface area is 160 Å². The number of carbonyl (C=O) groups is 2. The number of amides is 2. The number of alkyl halides is 3. The summed E-state index contributed by atoms with van der Waals surface area (Å²) in [6.45, 7) is 0.391. The molecule has 8 heteroatoms. The quantitative estimate of drug-likeness (QED) is 0.821. The van der Waals surface area contributed by atoms with Gasteiger partial charge in [-0.15, -0.1) is 0 Å². The number of rotatable bonds is 6. The minimum absolute atomic E-state index is 0.00864. The van der Waals surface area contributed by atoms with Crippen LogP contribution in [-0.4, -0.2) is 31.5 Å². The Bertz CT molecular complexity index is 840. The Hall–Kier alpha value is -3.03. The van der Waals surface area contributed by atoms with E-state index in [1.807, 2.05) is 30.3 Å². The van der Waals surface area contributed by atoms with Crippen LogP contribution in [0.5, 0.6) is 5.75 Å². The highest BCUT2D eigenvalue weighted by molar-refractivity contribution is 5.95. The molecule has 1 aliphatic rings. The molecule has 0 spiro atoms. The summed E-state index contributed by atoms with van der Waals surface area (Å²) < 4.78 is 43.2. The Balaban J connectivity index is 1.46. The third kappa shape index (κ3) is 5.03. The molecule has 2 amide bonds. The molecule has 0 saturated carbocycles. The lowest BCUT2D eigenvalue weighted by Gasteiger charge is -2.17. The zero-order valence-corrected chi connectivity index (χ0v) is 14.9. The van der Waals surface area contributed by atoms with Crippen molar-refractivity contribution in [3.63, 3.8) is 0 Å².